The maximum Gasteiger partial charge on any atom is 0.220 e. The first-order chi connectivity index (χ1) is 10.0. The molecule has 0 aliphatic rings. The molecule has 3 nitrogen and oxygen atoms in total. The number of hydrogen-bond acceptors (Lipinski definition) is 2. The summed E-state index contributed by atoms with van der Waals surface area (Å²) in [7, 11) is 0. The summed E-state index contributed by atoms with van der Waals surface area (Å²) in [6, 6.07) is 6.75. The van der Waals surface area contributed by atoms with Crippen LogP contribution >= 0.6 is 0 Å². The van der Waals surface area contributed by atoms with E-state index in [9.17, 15) is 4.79 Å². The van der Waals surface area contributed by atoms with Crippen LogP contribution in [0, 0.1) is 13.8 Å². The van der Waals surface area contributed by atoms with Crippen molar-refractivity contribution in [3.8, 4) is 0 Å². The largest absolute Gasteiger partial charge is 0.353 e. The van der Waals surface area contributed by atoms with Crippen LogP contribution in [0.1, 0.15) is 55.7 Å². The highest BCUT2D eigenvalue weighted by Gasteiger charge is 2.08. The van der Waals surface area contributed by atoms with Gasteiger partial charge in [0, 0.05) is 12.5 Å². The van der Waals surface area contributed by atoms with Crippen LogP contribution in [0.3, 0.4) is 0 Å². The molecule has 3 N–H and O–H groups in total. The summed E-state index contributed by atoms with van der Waals surface area (Å²) in [5.74, 6) is 0.166. The van der Waals surface area contributed by atoms with Crippen LogP contribution in [0.25, 0.3) is 0 Å². The Morgan fingerprint density at radius 2 is 1.71 bits per heavy atom. The first kappa shape index (κ1) is 17.7. The number of nitrogens with two attached hydrogens (primary N) is 1. The molecule has 0 aliphatic heterocycles. The van der Waals surface area contributed by atoms with E-state index in [-0.39, 0.29) is 11.9 Å². The Morgan fingerprint density at radius 1 is 1.10 bits per heavy atom. The van der Waals surface area contributed by atoms with Crippen molar-refractivity contribution in [1.82, 2.24) is 5.32 Å². The van der Waals surface area contributed by atoms with Crippen LogP contribution in [0.4, 0.5) is 0 Å². The Balaban J connectivity index is 2.29. The minimum Gasteiger partial charge on any atom is -0.353 e. The maximum absolute atomic E-state index is 11.9. The van der Waals surface area contributed by atoms with E-state index in [4.69, 9.17) is 5.73 Å². The zero-order valence-corrected chi connectivity index (χ0v) is 13.7. The molecule has 1 rings (SSSR count). The molecule has 21 heavy (non-hydrogen) atoms. The van der Waals surface area contributed by atoms with Gasteiger partial charge in [0.2, 0.25) is 5.91 Å². The molecule has 1 atom stereocenters. The zero-order valence-electron chi connectivity index (χ0n) is 13.7. The molecule has 0 heterocycles. The number of rotatable bonds is 9. The third kappa shape index (κ3) is 7.86. The quantitative estimate of drug-likeness (QED) is 0.686. The van der Waals surface area contributed by atoms with Gasteiger partial charge in [-0.2, -0.15) is 0 Å². The van der Waals surface area contributed by atoms with Gasteiger partial charge in [0.1, 0.15) is 0 Å². The fraction of sp³-hybridized carbons (Fsp3) is 0.611. The van der Waals surface area contributed by atoms with Crippen molar-refractivity contribution in [2.24, 2.45) is 5.73 Å². The number of nitrogens with one attached hydrogen (secondary N) is 1. The summed E-state index contributed by atoms with van der Waals surface area (Å²) in [4.78, 5) is 11.9. The molecule has 0 aliphatic carbocycles. The molecule has 1 aromatic carbocycles. The second kappa shape index (κ2) is 9.56. The number of aryl methyl sites for hydroxylation is 2. The van der Waals surface area contributed by atoms with Gasteiger partial charge in [0.15, 0.2) is 0 Å². The Morgan fingerprint density at radius 3 is 2.33 bits per heavy atom. The van der Waals surface area contributed by atoms with E-state index in [0.29, 0.717) is 6.42 Å². The van der Waals surface area contributed by atoms with Crippen molar-refractivity contribution in [3.05, 3.63) is 34.9 Å². The van der Waals surface area contributed by atoms with E-state index >= 15 is 0 Å². The Bertz CT molecular complexity index is 423. The van der Waals surface area contributed by atoms with E-state index < -0.39 is 0 Å². The third-order valence-electron chi connectivity index (χ3n) is 3.59. The summed E-state index contributed by atoms with van der Waals surface area (Å²) in [6.07, 6.45) is 5.76. The predicted octanol–water partition coefficient (Wildman–Crippen LogP) is 3.26. The standard InChI is InChI=1S/C18H30N2O/c1-14-10-15(2)12-17(11-14)13-16(3)20-18(21)8-6-4-5-7-9-19/h10-12,16H,4-9,13,19H2,1-3H3,(H,20,21). The van der Waals surface area contributed by atoms with Crippen LogP contribution in [-0.4, -0.2) is 18.5 Å². The van der Waals surface area contributed by atoms with Crippen molar-refractivity contribution in [1.29, 1.82) is 0 Å². The molecular formula is C18H30N2O. The molecule has 1 amide bonds. The van der Waals surface area contributed by atoms with Crippen LogP contribution in [0.2, 0.25) is 0 Å². The van der Waals surface area contributed by atoms with Gasteiger partial charge in [-0.15, -0.1) is 0 Å². The summed E-state index contributed by atoms with van der Waals surface area (Å²) < 4.78 is 0. The number of amides is 1. The number of hydrogen-bond donors (Lipinski definition) is 2. The number of carbonyl (C=O) groups excluding carboxylic acids is 1. The van der Waals surface area contributed by atoms with Crippen molar-refractivity contribution in [2.75, 3.05) is 6.54 Å². The van der Waals surface area contributed by atoms with E-state index in [2.05, 4.69) is 44.3 Å². The van der Waals surface area contributed by atoms with Crippen molar-refractivity contribution in [3.63, 3.8) is 0 Å². The number of unbranched alkanes of at least 4 members (excludes halogenated alkanes) is 3. The van der Waals surface area contributed by atoms with E-state index in [1.807, 2.05) is 0 Å². The lowest BCUT2D eigenvalue weighted by Gasteiger charge is -2.15. The average Bonchev–Trinajstić information content (AvgIpc) is 2.36. The van der Waals surface area contributed by atoms with Gasteiger partial charge >= 0.3 is 0 Å². The van der Waals surface area contributed by atoms with Crippen molar-refractivity contribution < 1.29 is 4.79 Å². The maximum atomic E-state index is 11.9. The lowest BCUT2D eigenvalue weighted by Crippen LogP contribution is -2.33. The molecule has 0 saturated carbocycles. The van der Waals surface area contributed by atoms with Crippen LogP contribution in [0.15, 0.2) is 18.2 Å². The van der Waals surface area contributed by atoms with Crippen LogP contribution < -0.4 is 11.1 Å². The third-order valence-corrected chi connectivity index (χ3v) is 3.59. The minimum atomic E-state index is 0.166. The lowest BCUT2D eigenvalue weighted by atomic mass is 10.0. The molecule has 0 aromatic heterocycles. The normalized spacial score (nSPS) is 12.2. The fourth-order valence-corrected chi connectivity index (χ4v) is 2.72. The Hall–Kier alpha value is -1.35. The van der Waals surface area contributed by atoms with Gasteiger partial charge in [-0.05, 0) is 52.1 Å². The monoisotopic (exact) mass is 290 g/mol. The fourth-order valence-electron chi connectivity index (χ4n) is 2.72. The van der Waals surface area contributed by atoms with E-state index in [0.717, 1.165) is 38.6 Å². The van der Waals surface area contributed by atoms with Gasteiger partial charge in [0.25, 0.3) is 0 Å². The highest BCUT2D eigenvalue weighted by atomic mass is 16.1. The molecule has 118 valence electrons. The summed E-state index contributed by atoms with van der Waals surface area (Å²) in [6.45, 7) is 7.05. The van der Waals surface area contributed by atoms with Crippen molar-refractivity contribution in [2.45, 2.75) is 65.3 Å². The van der Waals surface area contributed by atoms with Gasteiger partial charge in [-0.25, -0.2) is 0 Å². The lowest BCUT2D eigenvalue weighted by molar-refractivity contribution is -0.121. The summed E-state index contributed by atoms with van der Waals surface area (Å²) in [5, 5.41) is 3.09. The molecule has 0 spiro atoms. The molecule has 0 radical (unpaired) electrons. The smallest absolute Gasteiger partial charge is 0.220 e. The number of benzene rings is 1. The SMILES string of the molecule is Cc1cc(C)cc(CC(C)NC(=O)CCCCCCN)c1. The van der Waals surface area contributed by atoms with Gasteiger partial charge in [-0.3, -0.25) is 4.79 Å². The second-order valence-electron chi connectivity index (χ2n) is 6.12. The van der Waals surface area contributed by atoms with Crippen LogP contribution in [-0.2, 0) is 11.2 Å². The molecule has 0 bridgehead atoms. The van der Waals surface area contributed by atoms with Gasteiger partial charge < -0.3 is 11.1 Å². The van der Waals surface area contributed by atoms with Crippen LogP contribution in [0.5, 0.6) is 0 Å². The highest BCUT2D eigenvalue weighted by Crippen LogP contribution is 2.11. The summed E-state index contributed by atoms with van der Waals surface area (Å²) in [5.41, 5.74) is 9.31. The number of carbonyl (C=O) groups is 1. The average molecular weight is 290 g/mol. The van der Waals surface area contributed by atoms with E-state index in [1.54, 1.807) is 0 Å². The van der Waals surface area contributed by atoms with Gasteiger partial charge in [0.05, 0.1) is 0 Å². The zero-order chi connectivity index (χ0) is 15.7. The molecular weight excluding hydrogens is 260 g/mol. The molecule has 3 heteroatoms. The van der Waals surface area contributed by atoms with E-state index in [1.165, 1.54) is 16.7 Å². The minimum absolute atomic E-state index is 0.166. The molecule has 0 saturated heterocycles. The van der Waals surface area contributed by atoms with Gasteiger partial charge in [-0.1, -0.05) is 42.2 Å². The Kier molecular flexibility index (Phi) is 8.06. The Labute approximate surface area is 129 Å². The topological polar surface area (TPSA) is 55.1 Å². The highest BCUT2D eigenvalue weighted by molar-refractivity contribution is 5.76. The second-order valence-corrected chi connectivity index (χ2v) is 6.12. The summed E-state index contributed by atoms with van der Waals surface area (Å²) >= 11 is 0. The molecule has 0 fully saturated rings. The van der Waals surface area contributed by atoms with Crippen molar-refractivity contribution >= 4 is 5.91 Å². The molecule has 1 aromatic rings. The first-order valence-corrected chi connectivity index (χ1v) is 8.08. The molecule has 1 unspecified atom stereocenters. The predicted molar refractivity (Wildman–Crippen MR) is 89.4 cm³/mol. The first-order valence-electron chi connectivity index (χ1n) is 8.08.